The fourth-order valence-electron chi connectivity index (χ4n) is 3.16. The summed E-state index contributed by atoms with van der Waals surface area (Å²) in [5, 5.41) is 3.80. The Morgan fingerprint density at radius 2 is 1.50 bits per heavy atom. The van der Waals surface area contributed by atoms with Crippen molar-refractivity contribution in [1.82, 2.24) is 9.88 Å². The number of nitrogens with one attached hydrogen (secondary N) is 1. The van der Waals surface area contributed by atoms with Crippen LogP contribution < -0.4 is 4.72 Å². The van der Waals surface area contributed by atoms with Gasteiger partial charge < -0.3 is 9.26 Å². The normalized spacial score (nSPS) is 11.7. The van der Waals surface area contributed by atoms with Crippen molar-refractivity contribution in [2.75, 3.05) is 6.54 Å². The fraction of sp³-hybridized carbons (Fsp3) is 0.500. The summed E-state index contributed by atoms with van der Waals surface area (Å²) < 4.78 is 38.4. The molecule has 1 N–H and O–H groups in total. The highest BCUT2D eigenvalue weighted by atomic mass is 32.2. The van der Waals surface area contributed by atoms with Gasteiger partial charge in [-0.25, -0.2) is 13.1 Å². The standard InChI is InChI=1S/C20H28N2O5S/c1-11-12(2)14(4)20(15(5)13(11)3)28(24,25)21-9-8-19(23)26-10-18-16(6)22-27-17(18)7/h21H,8-10H2,1-7H3. The number of benzene rings is 1. The first-order valence-electron chi connectivity index (χ1n) is 9.11. The van der Waals surface area contributed by atoms with Gasteiger partial charge in [0.2, 0.25) is 10.0 Å². The molecule has 28 heavy (non-hydrogen) atoms. The third kappa shape index (κ3) is 4.44. The topological polar surface area (TPSA) is 98.5 Å². The second-order valence-electron chi connectivity index (χ2n) is 7.07. The summed E-state index contributed by atoms with van der Waals surface area (Å²) in [6.45, 7) is 13.0. The first-order valence-corrected chi connectivity index (χ1v) is 10.6. The molecule has 0 amide bonds. The Hall–Kier alpha value is -2.19. The van der Waals surface area contributed by atoms with Crippen molar-refractivity contribution in [1.29, 1.82) is 0 Å². The van der Waals surface area contributed by atoms with Crippen LogP contribution in [0.3, 0.4) is 0 Å². The zero-order chi connectivity index (χ0) is 21.2. The van der Waals surface area contributed by atoms with Gasteiger partial charge in [-0.2, -0.15) is 0 Å². The maximum atomic E-state index is 12.8. The van der Waals surface area contributed by atoms with Crippen LogP contribution in [0.4, 0.5) is 0 Å². The number of nitrogens with zero attached hydrogens (tertiary/aromatic N) is 1. The van der Waals surface area contributed by atoms with Crippen LogP contribution in [0.2, 0.25) is 0 Å². The first-order chi connectivity index (χ1) is 13.0. The number of aromatic nitrogens is 1. The highest BCUT2D eigenvalue weighted by molar-refractivity contribution is 7.89. The van der Waals surface area contributed by atoms with E-state index in [2.05, 4.69) is 9.88 Å². The average Bonchev–Trinajstić information content (AvgIpc) is 2.94. The van der Waals surface area contributed by atoms with E-state index in [1.54, 1.807) is 27.7 Å². The van der Waals surface area contributed by atoms with Gasteiger partial charge in [0.15, 0.2) is 0 Å². The fourth-order valence-corrected chi connectivity index (χ4v) is 4.79. The van der Waals surface area contributed by atoms with E-state index in [-0.39, 0.29) is 24.5 Å². The van der Waals surface area contributed by atoms with Crippen LogP contribution >= 0.6 is 0 Å². The lowest BCUT2D eigenvalue weighted by atomic mass is 9.95. The minimum Gasteiger partial charge on any atom is -0.461 e. The van der Waals surface area contributed by atoms with Gasteiger partial charge in [0, 0.05) is 6.54 Å². The summed E-state index contributed by atoms with van der Waals surface area (Å²) in [7, 11) is -3.73. The maximum absolute atomic E-state index is 12.8. The molecule has 8 heteroatoms. The van der Waals surface area contributed by atoms with Gasteiger partial charge in [0.05, 0.1) is 22.6 Å². The number of rotatable bonds is 7. The van der Waals surface area contributed by atoms with E-state index in [1.165, 1.54) is 0 Å². The lowest BCUT2D eigenvalue weighted by Gasteiger charge is -2.19. The Bertz CT molecular complexity index is 958. The van der Waals surface area contributed by atoms with E-state index in [9.17, 15) is 13.2 Å². The molecule has 1 aromatic heterocycles. The second kappa shape index (κ2) is 8.45. The molecule has 2 rings (SSSR count). The third-order valence-corrected chi connectivity index (χ3v) is 7.11. The van der Waals surface area contributed by atoms with Gasteiger partial charge in [-0.3, -0.25) is 4.79 Å². The Morgan fingerprint density at radius 1 is 0.964 bits per heavy atom. The van der Waals surface area contributed by atoms with E-state index in [0.717, 1.165) is 33.4 Å². The van der Waals surface area contributed by atoms with E-state index in [0.29, 0.717) is 11.5 Å². The molecule has 7 nitrogen and oxygen atoms in total. The monoisotopic (exact) mass is 408 g/mol. The predicted octanol–water partition coefficient (Wildman–Crippen LogP) is 3.25. The summed E-state index contributed by atoms with van der Waals surface area (Å²) in [5.41, 5.74) is 5.87. The Kier molecular flexibility index (Phi) is 6.67. The lowest BCUT2D eigenvalue weighted by Crippen LogP contribution is -2.28. The third-order valence-electron chi connectivity index (χ3n) is 5.38. The molecule has 2 aromatic rings. The highest BCUT2D eigenvalue weighted by Gasteiger charge is 2.23. The van der Waals surface area contributed by atoms with Gasteiger partial charge in [-0.1, -0.05) is 5.16 Å². The largest absolute Gasteiger partial charge is 0.461 e. The van der Waals surface area contributed by atoms with E-state index in [1.807, 2.05) is 20.8 Å². The molecule has 0 radical (unpaired) electrons. The molecule has 1 aromatic carbocycles. The van der Waals surface area contributed by atoms with Crippen LogP contribution in [-0.4, -0.2) is 26.1 Å². The van der Waals surface area contributed by atoms with Gasteiger partial charge in [0.1, 0.15) is 12.4 Å². The molecule has 0 unspecified atom stereocenters. The van der Waals surface area contributed by atoms with Crippen LogP contribution in [0.5, 0.6) is 0 Å². The van der Waals surface area contributed by atoms with Gasteiger partial charge in [0.25, 0.3) is 0 Å². The molecule has 0 atom stereocenters. The molecule has 0 aliphatic rings. The first kappa shape index (κ1) is 22.1. The van der Waals surface area contributed by atoms with Crippen LogP contribution in [0.15, 0.2) is 9.42 Å². The molecule has 0 aliphatic heterocycles. The Balaban J connectivity index is 2.02. The minimum atomic E-state index is -3.73. The molecular weight excluding hydrogens is 380 g/mol. The highest BCUT2D eigenvalue weighted by Crippen LogP contribution is 2.29. The van der Waals surface area contributed by atoms with Crippen molar-refractivity contribution < 1.29 is 22.5 Å². The zero-order valence-electron chi connectivity index (χ0n) is 17.5. The average molecular weight is 409 g/mol. The second-order valence-corrected chi connectivity index (χ2v) is 8.77. The number of carbonyl (C=O) groups excluding carboxylic acids is 1. The molecule has 1 heterocycles. The molecule has 154 valence electrons. The van der Waals surface area contributed by atoms with Crippen molar-refractivity contribution in [3.8, 4) is 0 Å². The zero-order valence-corrected chi connectivity index (χ0v) is 18.3. The Labute approximate surface area is 166 Å². The summed E-state index contributed by atoms with van der Waals surface area (Å²) in [4.78, 5) is 12.3. The van der Waals surface area contributed by atoms with E-state index < -0.39 is 16.0 Å². The number of carbonyl (C=O) groups is 1. The van der Waals surface area contributed by atoms with E-state index in [4.69, 9.17) is 9.26 Å². The number of hydrogen-bond donors (Lipinski definition) is 1. The smallest absolute Gasteiger partial charge is 0.307 e. The molecule has 0 bridgehead atoms. The molecule has 0 fully saturated rings. The van der Waals surface area contributed by atoms with Crippen molar-refractivity contribution in [3.63, 3.8) is 0 Å². The van der Waals surface area contributed by atoms with Crippen molar-refractivity contribution in [2.24, 2.45) is 0 Å². The van der Waals surface area contributed by atoms with Gasteiger partial charge in [-0.05, 0) is 76.3 Å². The molecule has 0 spiro atoms. The summed E-state index contributed by atoms with van der Waals surface area (Å²) in [6, 6.07) is 0. The molecule has 0 saturated carbocycles. The summed E-state index contributed by atoms with van der Waals surface area (Å²) in [5.74, 6) is 0.106. The van der Waals surface area contributed by atoms with Crippen molar-refractivity contribution >= 4 is 16.0 Å². The van der Waals surface area contributed by atoms with Crippen LogP contribution in [-0.2, 0) is 26.2 Å². The van der Waals surface area contributed by atoms with Gasteiger partial charge >= 0.3 is 5.97 Å². The molecule has 0 saturated heterocycles. The van der Waals surface area contributed by atoms with Crippen molar-refractivity contribution in [3.05, 3.63) is 44.8 Å². The van der Waals surface area contributed by atoms with E-state index >= 15 is 0 Å². The van der Waals surface area contributed by atoms with Crippen LogP contribution in [0, 0.1) is 48.5 Å². The van der Waals surface area contributed by atoms with Gasteiger partial charge in [-0.15, -0.1) is 0 Å². The number of hydrogen-bond acceptors (Lipinski definition) is 6. The summed E-state index contributed by atoms with van der Waals surface area (Å²) >= 11 is 0. The number of esters is 1. The summed E-state index contributed by atoms with van der Waals surface area (Å²) in [6.07, 6.45) is -0.0650. The number of aryl methyl sites for hydroxylation is 2. The quantitative estimate of drug-likeness (QED) is 0.706. The SMILES string of the molecule is Cc1noc(C)c1COC(=O)CCNS(=O)(=O)c1c(C)c(C)c(C)c(C)c1C. The van der Waals surface area contributed by atoms with Crippen molar-refractivity contribution in [2.45, 2.75) is 66.4 Å². The number of ether oxygens (including phenoxy) is 1. The maximum Gasteiger partial charge on any atom is 0.307 e. The Morgan fingerprint density at radius 3 is 2.00 bits per heavy atom. The van der Waals surface area contributed by atoms with Crippen LogP contribution in [0.25, 0.3) is 0 Å². The molecule has 0 aliphatic carbocycles. The van der Waals surface area contributed by atoms with Crippen LogP contribution in [0.1, 0.15) is 51.3 Å². The predicted molar refractivity (Wildman–Crippen MR) is 106 cm³/mol. The number of sulfonamides is 1. The lowest BCUT2D eigenvalue weighted by molar-refractivity contribution is -0.144. The minimum absolute atomic E-state index is 0.0341. The molecular formula is C20H28N2O5S.